The molecular weight excluding hydrogens is 172 g/mol. The quantitative estimate of drug-likeness (QED) is 0.728. The first-order valence-corrected chi connectivity index (χ1v) is 4.36. The van der Waals surface area contributed by atoms with Crippen LogP contribution in [-0.4, -0.2) is 11.1 Å². The van der Waals surface area contributed by atoms with Crippen molar-refractivity contribution in [3.63, 3.8) is 0 Å². The average Bonchev–Trinajstić information content (AvgIpc) is 2.49. The number of rotatable bonds is 1. The fourth-order valence-corrected chi connectivity index (χ4v) is 1.92. The predicted molar refractivity (Wildman–Crippen MR) is 48.8 cm³/mol. The monoisotopic (exact) mass is 178 g/mol. The second kappa shape index (κ2) is 2.60. The number of carboxylic acids is 1. The number of hydrogen-bond acceptors (Lipinski definition) is 2. The first kappa shape index (κ1) is 7.31. The van der Waals surface area contributed by atoms with E-state index in [1.807, 2.05) is 17.5 Å². The molecule has 0 radical (unpaired) electrons. The Morgan fingerprint density at radius 2 is 2.17 bits per heavy atom. The average molecular weight is 178 g/mol. The van der Waals surface area contributed by atoms with E-state index in [0.717, 1.165) is 10.1 Å². The van der Waals surface area contributed by atoms with Crippen LogP contribution in [-0.2, 0) is 0 Å². The maximum Gasteiger partial charge on any atom is 0.335 e. The van der Waals surface area contributed by atoms with Gasteiger partial charge in [-0.05, 0) is 29.0 Å². The van der Waals surface area contributed by atoms with Crippen LogP contribution in [0.3, 0.4) is 0 Å². The minimum atomic E-state index is -0.870. The van der Waals surface area contributed by atoms with Crippen molar-refractivity contribution in [3.8, 4) is 0 Å². The third-order valence-corrected chi connectivity index (χ3v) is 2.58. The van der Waals surface area contributed by atoms with E-state index in [0.29, 0.717) is 5.56 Å². The Hall–Kier alpha value is -1.35. The van der Waals surface area contributed by atoms with Gasteiger partial charge in [0.05, 0.1) is 5.56 Å². The number of benzene rings is 1. The molecule has 1 aromatic heterocycles. The minimum Gasteiger partial charge on any atom is -0.478 e. The van der Waals surface area contributed by atoms with Gasteiger partial charge < -0.3 is 5.11 Å². The molecule has 0 unspecified atom stereocenters. The van der Waals surface area contributed by atoms with Crippen LogP contribution in [0, 0.1) is 0 Å². The molecule has 0 aliphatic rings. The third kappa shape index (κ3) is 1.08. The molecule has 0 spiro atoms. The van der Waals surface area contributed by atoms with E-state index in [1.165, 1.54) is 0 Å². The number of thiophene rings is 1. The van der Waals surface area contributed by atoms with Crippen LogP contribution in [0.25, 0.3) is 10.1 Å². The summed E-state index contributed by atoms with van der Waals surface area (Å²) in [5, 5.41) is 11.7. The Morgan fingerprint density at radius 1 is 1.33 bits per heavy atom. The van der Waals surface area contributed by atoms with E-state index in [4.69, 9.17) is 5.11 Å². The van der Waals surface area contributed by atoms with Gasteiger partial charge in [0.1, 0.15) is 0 Å². The Balaban J connectivity index is 2.68. The molecule has 60 valence electrons. The van der Waals surface area contributed by atoms with Gasteiger partial charge in [0.2, 0.25) is 0 Å². The van der Waals surface area contributed by atoms with Gasteiger partial charge >= 0.3 is 5.97 Å². The number of carbonyl (C=O) groups is 1. The fraction of sp³-hybridized carbons (Fsp3) is 0. The number of fused-ring (bicyclic) bond motifs is 1. The molecule has 1 aromatic carbocycles. The van der Waals surface area contributed by atoms with Crippen LogP contribution < -0.4 is 0 Å². The van der Waals surface area contributed by atoms with Crippen molar-refractivity contribution in [2.75, 3.05) is 0 Å². The van der Waals surface area contributed by atoms with Crippen molar-refractivity contribution in [1.29, 1.82) is 0 Å². The first-order chi connectivity index (χ1) is 5.77. The summed E-state index contributed by atoms with van der Waals surface area (Å²) in [6.07, 6.45) is 0. The maximum absolute atomic E-state index is 10.6. The number of hydrogen-bond donors (Lipinski definition) is 1. The number of carboxylic acid groups (broad SMARTS) is 1. The van der Waals surface area contributed by atoms with Crippen molar-refractivity contribution in [3.05, 3.63) is 35.2 Å². The van der Waals surface area contributed by atoms with E-state index in [-0.39, 0.29) is 0 Å². The summed E-state index contributed by atoms with van der Waals surface area (Å²) in [5.74, 6) is -0.870. The first-order valence-electron chi connectivity index (χ1n) is 3.48. The molecule has 0 amide bonds. The van der Waals surface area contributed by atoms with Gasteiger partial charge in [-0.25, -0.2) is 4.79 Å². The normalized spacial score (nSPS) is 10.3. The third-order valence-electron chi connectivity index (χ3n) is 1.70. The van der Waals surface area contributed by atoms with Crippen molar-refractivity contribution >= 4 is 27.4 Å². The highest BCUT2D eigenvalue weighted by atomic mass is 32.1. The Bertz CT molecular complexity index is 431. The SMILES string of the molecule is O=C(O)c1ccc2ccsc2c1. The van der Waals surface area contributed by atoms with Gasteiger partial charge in [0.15, 0.2) is 0 Å². The molecule has 0 fully saturated rings. The molecule has 0 saturated carbocycles. The van der Waals surface area contributed by atoms with Gasteiger partial charge in [0.25, 0.3) is 0 Å². The van der Waals surface area contributed by atoms with Crippen LogP contribution >= 0.6 is 11.3 Å². The maximum atomic E-state index is 10.6. The lowest BCUT2D eigenvalue weighted by Gasteiger charge is -1.92. The van der Waals surface area contributed by atoms with Crippen LogP contribution in [0.4, 0.5) is 0 Å². The highest BCUT2D eigenvalue weighted by molar-refractivity contribution is 7.17. The zero-order valence-electron chi connectivity index (χ0n) is 6.15. The molecule has 2 aromatic rings. The highest BCUT2D eigenvalue weighted by Gasteiger charge is 2.03. The molecule has 12 heavy (non-hydrogen) atoms. The van der Waals surface area contributed by atoms with Crippen LogP contribution in [0.15, 0.2) is 29.6 Å². The molecule has 1 heterocycles. The smallest absolute Gasteiger partial charge is 0.335 e. The lowest BCUT2D eigenvalue weighted by Crippen LogP contribution is -1.94. The lowest BCUT2D eigenvalue weighted by molar-refractivity contribution is 0.0697. The largest absolute Gasteiger partial charge is 0.478 e. The molecule has 2 rings (SSSR count). The summed E-state index contributed by atoms with van der Waals surface area (Å²) >= 11 is 1.56. The molecule has 0 bridgehead atoms. The van der Waals surface area contributed by atoms with Gasteiger partial charge in [0, 0.05) is 4.70 Å². The zero-order valence-corrected chi connectivity index (χ0v) is 6.97. The minimum absolute atomic E-state index is 0.352. The van der Waals surface area contributed by atoms with Gasteiger partial charge in [-0.1, -0.05) is 6.07 Å². The zero-order chi connectivity index (χ0) is 8.55. The summed E-state index contributed by atoms with van der Waals surface area (Å²) in [5.41, 5.74) is 0.352. The van der Waals surface area contributed by atoms with E-state index in [1.54, 1.807) is 23.5 Å². The standard InChI is InChI=1S/C9H6O2S/c10-9(11)7-2-1-6-3-4-12-8(6)5-7/h1-5H,(H,10,11). The Labute approximate surface area is 73.1 Å². The fourth-order valence-electron chi connectivity index (χ4n) is 1.09. The molecule has 3 heteroatoms. The van der Waals surface area contributed by atoms with Gasteiger partial charge in [-0.2, -0.15) is 0 Å². The summed E-state index contributed by atoms with van der Waals surface area (Å²) < 4.78 is 1.02. The van der Waals surface area contributed by atoms with E-state index >= 15 is 0 Å². The summed E-state index contributed by atoms with van der Waals surface area (Å²) in [6.45, 7) is 0. The highest BCUT2D eigenvalue weighted by Crippen LogP contribution is 2.21. The van der Waals surface area contributed by atoms with E-state index < -0.39 is 5.97 Å². The topological polar surface area (TPSA) is 37.3 Å². The van der Waals surface area contributed by atoms with Crippen LogP contribution in [0.2, 0.25) is 0 Å². The Morgan fingerprint density at radius 3 is 2.92 bits per heavy atom. The van der Waals surface area contributed by atoms with Crippen molar-refractivity contribution in [2.24, 2.45) is 0 Å². The van der Waals surface area contributed by atoms with Crippen LogP contribution in [0.5, 0.6) is 0 Å². The predicted octanol–water partition coefficient (Wildman–Crippen LogP) is 2.60. The van der Waals surface area contributed by atoms with Gasteiger partial charge in [-0.15, -0.1) is 11.3 Å². The van der Waals surface area contributed by atoms with Crippen molar-refractivity contribution in [1.82, 2.24) is 0 Å². The summed E-state index contributed by atoms with van der Waals surface area (Å²) in [6, 6.07) is 7.13. The van der Waals surface area contributed by atoms with E-state index in [2.05, 4.69) is 0 Å². The molecular formula is C9H6O2S. The molecule has 0 aliphatic carbocycles. The second-order valence-corrected chi connectivity index (χ2v) is 3.43. The van der Waals surface area contributed by atoms with Crippen molar-refractivity contribution in [2.45, 2.75) is 0 Å². The Kier molecular flexibility index (Phi) is 1.59. The molecule has 0 aliphatic heterocycles. The molecule has 0 saturated heterocycles. The van der Waals surface area contributed by atoms with E-state index in [9.17, 15) is 4.79 Å². The molecule has 0 atom stereocenters. The summed E-state index contributed by atoms with van der Waals surface area (Å²) in [7, 11) is 0. The molecule has 1 N–H and O–H groups in total. The second-order valence-electron chi connectivity index (χ2n) is 2.48. The lowest BCUT2D eigenvalue weighted by atomic mass is 10.2. The molecule has 2 nitrogen and oxygen atoms in total. The van der Waals surface area contributed by atoms with Gasteiger partial charge in [-0.3, -0.25) is 0 Å². The summed E-state index contributed by atoms with van der Waals surface area (Å²) in [4.78, 5) is 10.6. The van der Waals surface area contributed by atoms with Crippen molar-refractivity contribution < 1.29 is 9.90 Å². The number of aromatic carboxylic acids is 1. The van der Waals surface area contributed by atoms with Crippen LogP contribution in [0.1, 0.15) is 10.4 Å².